The van der Waals surface area contributed by atoms with Crippen LogP contribution < -0.4 is 0 Å². The third-order valence-electron chi connectivity index (χ3n) is 1.07. The van der Waals surface area contributed by atoms with Crippen LogP contribution in [0.5, 0.6) is 0 Å². The summed E-state index contributed by atoms with van der Waals surface area (Å²) in [5.41, 5.74) is 0.174. The van der Waals surface area contributed by atoms with E-state index in [2.05, 4.69) is 14.7 Å². The first-order chi connectivity index (χ1) is 5.24. The Morgan fingerprint density at radius 3 is 3.09 bits per heavy atom. The number of nitrogens with zero attached hydrogens (tertiary/aromatic N) is 2. The highest BCUT2D eigenvalue weighted by atomic mass is 35.5. The van der Waals surface area contributed by atoms with Crippen molar-refractivity contribution in [3.8, 4) is 0 Å². The Hall–Kier alpha value is -0.740. The van der Waals surface area contributed by atoms with Gasteiger partial charge in [-0.3, -0.25) is 0 Å². The molecule has 3 nitrogen and oxygen atoms in total. The lowest BCUT2D eigenvalue weighted by Gasteiger charge is -1.98. The first-order valence-corrected chi connectivity index (χ1v) is 3.27. The molecule has 1 aromatic heterocycles. The Morgan fingerprint density at radius 1 is 1.73 bits per heavy atom. The number of hydrogen-bond donors (Lipinski definition) is 0. The van der Waals surface area contributed by atoms with Crippen molar-refractivity contribution in [2.24, 2.45) is 0 Å². The molecule has 0 saturated carbocycles. The molecule has 0 atom stereocenters. The van der Waals surface area contributed by atoms with Crippen LogP contribution in [0.1, 0.15) is 5.69 Å². The molecule has 0 N–H and O–H groups in total. The number of hydrogen-bond acceptors (Lipinski definition) is 3. The highest BCUT2D eigenvalue weighted by Crippen LogP contribution is 2.06. The van der Waals surface area contributed by atoms with Crippen LogP contribution in [0.3, 0.4) is 0 Å². The molecule has 1 heterocycles. The predicted octanol–water partition coefficient (Wildman–Crippen LogP) is 1.42. The van der Waals surface area contributed by atoms with E-state index in [0.29, 0.717) is 0 Å². The normalized spacial score (nSPS) is 10.1. The first kappa shape index (κ1) is 8.36. The second-order valence-electron chi connectivity index (χ2n) is 1.87. The molecule has 0 bridgehead atoms. The molecule has 0 aliphatic rings. The zero-order valence-corrected chi connectivity index (χ0v) is 6.60. The molecule has 1 rings (SSSR count). The molecule has 0 spiro atoms. The fourth-order valence-corrected chi connectivity index (χ4v) is 0.767. The average molecular weight is 177 g/mol. The summed E-state index contributed by atoms with van der Waals surface area (Å²) in [6.07, 6.45) is 1.02. The second kappa shape index (κ2) is 3.59. The molecule has 1 aromatic rings. The average Bonchev–Trinajstić information content (AvgIpc) is 1.98. The molecule has 0 aliphatic carbocycles. The Balaban J connectivity index is 2.93. The quantitative estimate of drug-likeness (QED) is 0.640. The molecule has 60 valence electrons. The molecule has 0 amide bonds. The van der Waals surface area contributed by atoms with Crippen molar-refractivity contribution in [3.63, 3.8) is 0 Å². The van der Waals surface area contributed by atoms with Crippen LogP contribution in [0.4, 0.5) is 4.39 Å². The standard InChI is InChI=1S/C6H6ClFN2O/c1-11-3-5-4(8)2-9-6(7)10-5/h2H,3H2,1H3. The molecule has 0 aliphatic heterocycles. The maximum atomic E-state index is 12.7. The Kier molecular flexibility index (Phi) is 2.73. The highest BCUT2D eigenvalue weighted by Gasteiger charge is 2.03. The van der Waals surface area contributed by atoms with Crippen molar-refractivity contribution in [1.82, 2.24) is 9.97 Å². The Labute approximate surface area is 68.2 Å². The number of aromatic nitrogens is 2. The number of ether oxygens (including phenoxy) is 1. The zero-order chi connectivity index (χ0) is 8.27. The van der Waals surface area contributed by atoms with Crippen LogP contribution in [0.15, 0.2) is 6.20 Å². The van der Waals surface area contributed by atoms with Gasteiger partial charge in [-0.15, -0.1) is 0 Å². The lowest BCUT2D eigenvalue weighted by Crippen LogP contribution is -1.98. The van der Waals surface area contributed by atoms with Crippen LogP contribution in [0.2, 0.25) is 5.28 Å². The molecule has 0 saturated heterocycles. The summed E-state index contributed by atoms with van der Waals surface area (Å²) in [6, 6.07) is 0. The van der Waals surface area contributed by atoms with E-state index in [-0.39, 0.29) is 17.6 Å². The minimum Gasteiger partial charge on any atom is -0.378 e. The Morgan fingerprint density at radius 2 is 2.45 bits per heavy atom. The summed E-state index contributed by atoms with van der Waals surface area (Å²) in [5.74, 6) is -0.503. The third-order valence-corrected chi connectivity index (χ3v) is 1.25. The van der Waals surface area contributed by atoms with E-state index in [0.717, 1.165) is 6.20 Å². The van der Waals surface area contributed by atoms with Crippen molar-refractivity contribution in [1.29, 1.82) is 0 Å². The Bertz CT molecular complexity index is 256. The largest absolute Gasteiger partial charge is 0.378 e. The van der Waals surface area contributed by atoms with Gasteiger partial charge >= 0.3 is 0 Å². The fourth-order valence-electron chi connectivity index (χ4n) is 0.616. The van der Waals surface area contributed by atoms with Crippen molar-refractivity contribution in [3.05, 3.63) is 23.0 Å². The lowest BCUT2D eigenvalue weighted by molar-refractivity contribution is 0.177. The monoisotopic (exact) mass is 176 g/mol. The summed E-state index contributed by atoms with van der Waals surface area (Å²) in [6.45, 7) is 0.105. The van der Waals surface area contributed by atoms with Gasteiger partial charge in [0, 0.05) is 7.11 Å². The highest BCUT2D eigenvalue weighted by molar-refractivity contribution is 6.28. The molecule has 0 radical (unpaired) electrons. The summed E-state index contributed by atoms with van der Waals surface area (Å²) in [7, 11) is 1.45. The SMILES string of the molecule is COCc1nc(Cl)ncc1F. The van der Waals surface area contributed by atoms with Crippen molar-refractivity contribution >= 4 is 11.6 Å². The van der Waals surface area contributed by atoms with Gasteiger partial charge in [0.15, 0.2) is 5.82 Å². The summed E-state index contributed by atoms with van der Waals surface area (Å²) in [4.78, 5) is 7.06. The van der Waals surface area contributed by atoms with E-state index in [4.69, 9.17) is 11.6 Å². The van der Waals surface area contributed by atoms with Gasteiger partial charge in [0.1, 0.15) is 5.69 Å². The van der Waals surface area contributed by atoms with Gasteiger partial charge in [0.05, 0.1) is 12.8 Å². The van der Waals surface area contributed by atoms with Gasteiger partial charge < -0.3 is 4.74 Å². The molecule has 11 heavy (non-hydrogen) atoms. The van der Waals surface area contributed by atoms with Crippen molar-refractivity contribution in [2.75, 3.05) is 7.11 Å². The molecule has 0 aromatic carbocycles. The fraction of sp³-hybridized carbons (Fsp3) is 0.333. The van der Waals surface area contributed by atoms with Crippen LogP contribution in [0.25, 0.3) is 0 Å². The van der Waals surface area contributed by atoms with E-state index in [9.17, 15) is 4.39 Å². The molecular weight excluding hydrogens is 171 g/mol. The van der Waals surface area contributed by atoms with Crippen LogP contribution in [0, 0.1) is 5.82 Å². The van der Waals surface area contributed by atoms with Crippen LogP contribution in [-0.4, -0.2) is 17.1 Å². The topological polar surface area (TPSA) is 35.0 Å². The van der Waals surface area contributed by atoms with E-state index in [1.165, 1.54) is 7.11 Å². The van der Waals surface area contributed by atoms with Gasteiger partial charge in [-0.1, -0.05) is 0 Å². The second-order valence-corrected chi connectivity index (χ2v) is 2.20. The minimum absolute atomic E-state index is 0.0263. The van der Waals surface area contributed by atoms with Gasteiger partial charge in [-0.2, -0.15) is 0 Å². The zero-order valence-electron chi connectivity index (χ0n) is 5.84. The van der Waals surface area contributed by atoms with Crippen molar-refractivity contribution in [2.45, 2.75) is 6.61 Å². The van der Waals surface area contributed by atoms with Crippen molar-refractivity contribution < 1.29 is 9.13 Å². The first-order valence-electron chi connectivity index (χ1n) is 2.90. The smallest absolute Gasteiger partial charge is 0.222 e. The molecule has 5 heteroatoms. The third kappa shape index (κ3) is 2.10. The van der Waals surface area contributed by atoms with E-state index >= 15 is 0 Å². The number of methoxy groups -OCH3 is 1. The summed E-state index contributed by atoms with van der Waals surface area (Å²) >= 11 is 5.41. The van der Waals surface area contributed by atoms with Gasteiger partial charge in [0.2, 0.25) is 5.28 Å². The molecular formula is C6H6ClFN2O. The van der Waals surface area contributed by atoms with Gasteiger partial charge in [0.25, 0.3) is 0 Å². The van der Waals surface area contributed by atoms with E-state index in [1.54, 1.807) is 0 Å². The van der Waals surface area contributed by atoms with E-state index < -0.39 is 5.82 Å². The molecule has 0 fully saturated rings. The summed E-state index contributed by atoms with van der Waals surface area (Å²) < 4.78 is 17.4. The van der Waals surface area contributed by atoms with Gasteiger partial charge in [-0.25, -0.2) is 14.4 Å². The molecule has 0 unspecified atom stereocenters. The predicted molar refractivity (Wildman–Crippen MR) is 37.7 cm³/mol. The number of rotatable bonds is 2. The summed E-state index contributed by atoms with van der Waals surface area (Å²) in [5, 5.41) is 0.0263. The van der Waals surface area contributed by atoms with Crippen LogP contribution in [-0.2, 0) is 11.3 Å². The minimum atomic E-state index is -0.503. The maximum absolute atomic E-state index is 12.7. The number of halogens is 2. The van der Waals surface area contributed by atoms with Crippen LogP contribution >= 0.6 is 11.6 Å². The van der Waals surface area contributed by atoms with E-state index in [1.807, 2.05) is 0 Å². The maximum Gasteiger partial charge on any atom is 0.222 e. The lowest BCUT2D eigenvalue weighted by atomic mass is 10.4. The van der Waals surface area contributed by atoms with Gasteiger partial charge in [-0.05, 0) is 11.6 Å².